The van der Waals surface area contributed by atoms with Crippen LogP contribution in [0.15, 0.2) is 29.3 Å². The Kier molecular flexibility index (Phi) is 10.3. The molecule has 32 heavy (non-hydrogen) atoms. The fraction of sp³-hybridized carbons (Fsp3) is 0.667. The number of anilines is 1. The van der Waals surface area contributed by atoms with Gasteiger partial charge in [0.25, 0.3) is 0 Å². The maximum atomic E-state index is 11.9. The van der Waals surface area contributed by atoms with Crippen LogP contribution in [0.25, 0.3) is 0 Å². The molecule has 1 atom stereocenters. The van der Waals surface area contributed by atoms with Crippen molar-refractivity contribution in [1.29, 1.82) is 0 Å². The lowest BCUT2D eigenvalue weighted by Gasteiger charge is -2.35. The lowest BCUT2D eigenvalue weighted by molar-refractivity contribution is 0.0636. The van der Waals surface area contributed by atoms with Crippen molar-refractivity contribution in [2.75, 3.05) is 58.2 Å². The van der Waals surface area contributed by atoms with E-state index in [1.165, 1.54) is 5.56 Å². The number of ether oxygens (including phenoxy) is 1. The molecule has 1 heterocycles. The molecule has 1 amide bonds. The standard InChI is InChI=1S/C24H42N6O2/c1-7-25-22(27-18-19(2)30-16-14-29(6)15-17-30)26-13-12-20-8-10-21(11-9-20)28-23(31)32-24(3,4)5/h8-11,19H,7,12-18H2,1-6H3,(H,28,31)(H2,25,26,27). The Morgan fingerprint density at radius 2 is 1.78 bits per heavy atom. The third-order valence-corrected chi connectivity index (χ3v) is 5.32. The molecule has 1 aromatic rings. The Labute approximate surface area is 193 Å². The van der Waals surface area contributed by atoms with Gasteiger partial charge in [0.15, 0.2) is 5.96 Å². The van der Waals surface area contributed by atoms with Crippen LogP contribution in [0.2, 0.25) is 0 Å². The number of carbonyl (C=O) groups is 1. The van der Waals surface area contributed by atoms with E-state index in [4.69, 9.17) is 9.73 Å². The molecule has 8 nitrogen and oxygen atoms in total. The predicted octanol–water partition coefficient (Wildman–Crippen LogP) is 2.77. The van der Waals surface area contributed by atoms with Crippen molar-refractivity contribution < 1.29 is 9.53 Å². The third kappa shape index (κ3) is 9.87. The molecule has 1 aliphatic heterocycles. The zero-order chi connectivity index (χ0) is 23.6. The Morgan fingerprint density at radius 1 is 1.12 bits per heavy atom. The van der Waals surface area contributed by atoms with Crippen molar-refractivity contribution >= 4 is 17.7 Å². The number of likely N-dealkylation sites (N-methyl/N-ethyl adjacent to an activating group) is 1. The first kappa shape index (κ1) is 25.9. The zero-order valence-electron chi connectivity index (χ0n) is 20.7. The van der Waals surface area contributed by atoms with E-state index in [1.807, 2.05) is 45.0 Å². The van der Waals surface area contributed by atoms with Crippen LogP contribution in [0, 0.1) is 0 Å². The predicted molar refractivity (Wildman–Crippen MR) is 133 cm³/mol. The van der Waals surface area contributed by atoms with E-state index in [9.17, 15) is 4.79 Å². The smallest absolute Gasteiger partial charge is 0.412 e. The number of amides is 1. The molecule has 0 aromatic heterocycles. The van der Waals surface area contributed by atoms with Gasteiger partial charge < -0.3 is 20.3 Å². The molecule has 0 spiro atoms. The largest absolute Gasteiger partial charge is 0.444 e. The topological polar surface area (TPSA) is 81.2 Å². The van der Waals surface area contributed by atoms with Crippen molar-refractivity contribution in [2.24, 2.45) is 4.99 Å². The number of benzene rings is 1. The molecular weight excluding hydrogens is 404 g/mol. The molecule has 1 saturated heterocycles. The number of nitrogens with zero attached hydrogens (tertiary/aromatic N) is 3. The Morgan fingerprint density at radius 3 is 2.38 bits per heavy atom. The molecule has 0 aliphatic carbocycles. The maximum absolute atomic E-state index is 11.9. The maximum Gasteiger partial charge on any atom is 0.412 e. The van der Waals surface area contributed by atoms with Crippen molar-refractivity contribution in [2.45, 2.75) is 52.7 Å². The summed E-state index contributed by atoms with van der Waals surface area (Å²) in [6.45, 7) is 16.7. The number of carbonyl (C=O) groups excluding carboxylic acids is 1. The summed E-state index contributed by atoms with van der Waals surface area (Å²) in [5.41, 5.74) is 1.40. The van der Waals surface area contributed by atoms with Crippen LogP contribution in [0.5, 0.6) is 0 Å². The summed E-state index contributed by atoms with van der Waals surface area (Å²) in [7, 11) is 2.18. The Hall–Kier alpha value is -2.32. The molecule has 1 fully saturated rings. The summed E-state index contributed by atoms with van der Waals surface area (Å²) >= 11 is 0. The summed E-state index contributed by atoms with van der Waals surface area (Å²) in [6.07, 6.45) is 0.426. The highest BCUT2D eigenvalue weighted by Gasteiger charge is 2.19. The molecule has 8 heteroatoms. The average molecular weight is 447 g/mol. The van der Waals surface area contributed by atoms with Crippen molar-refractivity contribution in [3.63, 3.8) is 0 Å². The van der Waals surface area contributed by atoms with Gasteiger partial charge in [0, 0.05) is 51.0 Å². The summed E-state index contributed by atoms with van der Waals surface area (Å²) in [6, 6.07) is 8.28. The molecule has 2 rings (SSSR count). The van der Waals surface area contributed by atoms with Gasteiger partial charge in [-0.3, -0.25) is 15.2 Å². The van der Waals surface area contributed by atoms with Crippen LogP contribution in [0.4, 0.5) is 10.5 Å². The monoisotopic (exact) mass is 446 g/mol. The van der Waals surface area contributed by atoms with Gasteiger partial charge in [0.2, 0.25) is 0 Å². The lowest BCUT2D eigenvalue weighted by Crippen LogP contribution is -2.49. The Balaban J connectivity index is 1.77. The van der Waals surface area contributed by atoms with Crippen LogP contribution in [0.1, 0.15) is 40.2 Å². The minimum atomic E-state index is -0.510. The summed E-state index contributed by atoms with van der Waals surface area (Å²) in [5.74, 6) is 0.858. The number of piperazine rings is 1. The fourth-order valence-corrected chi connectivity index (χ4v) is 3.44. The highest BCUT2D eigenvalue weighted by Crippen LogP contribution is 2.13. The number of hydrogen-bond acceptors (Lipinski definition) is 5. The van der Waals surface area contributed by atoms with Gasteiger partial charge in [0.05, 0.1) is 6.54 Å². The van der Waals surface area contributed by atoms with Crippen molar-refractivity contribution in [1.82, 2.24) is 20.4 Å². The minimum Gasteiger partial charge on any atom is -0.444 e. The molecule has 180 valence electrons. The second-order valence-corrected chi connectivity index (χ2v) is 9.41. The van der Waals surface area contributed by atoms with Crippen LogP contribution in [-0.4, -0.2) is 86.4 Å². The summed E-state index contributed by atoms with van der Waals surface area (Å²) in [4.78, 5) is 21.6. The summed E-state index contributed by atoms with van der Waals surface area (Å²) in [5, 5.41) is 9.52. The van der Waals surface area contributed by atoms with Crippen LogP contribution in [-0.2, 0) is 11.2 Å². The van der Waals surface area contributed by atoms with Gasteiger partial charge in [-0.1, -0.05) is 12.1 Å². The minimum absolute atomic E-state index is 0.434. The third-order valence-electron chi connectivity index (χ3n) is 5.32. The van der Waals surface area contributed by atoms with Gasteiger partial charge in [-0.15, -0.1) is 0 Å². The molecule has 0 radical (unpaired) electrons. The lowest BCUT2D eigenvalue weighted by atomic mass is 10.1. The van der Waals surface area contributed by atoms with E-state index in [2.05, 4.69) is 46.6 Å². The summed E-state index contributed by atoms with van der Waals surface area (Å²) < 4.78 is 5.28. The molecule has 3 N–H and O–H groups in total. The first-order valence-corrected chi connectivity index (χ1v) is 11.7. The average Bonchev–Trinajstić information content (AvgIpc) is 2.72. The number of aliphatic imine (C=N–C) groups is 1. The van der Waals surface area contributed by atoms with Crippen molar-refractivity contribution in [3.05, 3.63) is 29.8 Å². The van der Waals surface area contributed by atoms with Crippen LogP contribution >= 0.6 is 0 Å². The van der Waals surface area contributed by atoms with E-state index in [-0.39, 0.29) is 0 Å². The fourth-order valence-electron chi connectivity index (χ4n) is 3.44. The van der Waals surface area contributed by atoms with Gasteiger partial charge in [-0.05, 0) is 65.8 Å². The van der Waals surface area contributed by atoms with Gasteiger partial charge in [-0.25, -0.2) is 4.79 Å². The SMILES string of the molecule is CCNC(=NCC(C)N1CCN(C)CC1)NCCc1ccc(NC(=O)OC(C)(C)C)cc1. The number of hydrogen-bond donors (Lipinski definition) is 3. The zero-order valence-corrected chi connectivity index (χ0v) is 20.7. The second-order valence-electron chi connectivity index (χ2n) is 9.41. The molecular formula is C24H42N6O2. The van der Waals surface area contributed by atoms with Gasteiger partial charge >= 0.3 is 6.09 Å². The molecule has 1 unspecified atom stereocenters. The molecule has 0 saturated carbocycles. The van der Waals surface area contributed by atoms with E-state index in [1.54, 1.807) is 0 Å². The number of guanidine groups is 1. The van der Waals surface area contributed by atoms with Crippen molar-refractivity contribution in [3.8, 4) is 0 Å². The highest BCUT2D eigenvalue weighted by molar-refractivity contribution is 5.84. The number of rotatable bonds is 8. The normalized spacial score (nSPS) is 17.0. The van der Waals surface area contributed by atoms with E-state index in [0.29, 0.717) is 6.04 Å². The van der Waals surface area contributed by atoms with E-state index in [0.717, 1.165) is 63.9 Å². The van der Waals surface area contributed by atoms with E-state index < -0.39 is 11.7 Å². The second kappa shape index (κ2) is 12.6. The van der Waals surface area contributed by atoms with Gasteiger partial charge in [0.1, 0.15) is 5.60 Å². The molecule has 0 bridgehead atoms. The highest BCUT2D eigenvalue weighted by atomic mass is 16.6. The molecule has 1 aromatic carbocycles. The van der Waals surface area contributed by atoms with Gasteiger partial charge in [-0.2, -0.15) is 0 Å². The Bertz CT molecular complexity index is 721. The van der Waals surface area contributed by atoms with Crippen LogP contribution in [0.3, 0.4) is 0 Å². The van der Waals surface area contributed by atoms with E-state index >= 15 is 0 Å². The first-order valence-electron chi connectivity index (χ1n) is 11.7. The first-order chi connectivity index (χ1) is 15.2. The molecule has 1 aliphatic rings. The van der Waals surface area contributed by atoms with Crippen LogP contribution < -0.4 is 16.0 Å². The quantitative estimate of drug-likeness (QED) is 0.421. The number of nitrogens with one attached hydrogen (secondary N) is 3.